The molecule has 0 radical (unpaired) electrons. The third kappa shape index (κ3) is 4.42. The highest BCUT2D eigenvalue weighted by Crippen LogP contribution is 2.24. The molecule has 1 heterocycles. The van der Waals surface area contributed by atoms with Gasteiger partial charge in [0.05, 0.1) is 20.2 Å². The van der Waals surface area contributed by atoms with Gasteiger partial charge in [-0.1, -0.05) is 11.8 Å². The van der Waals surface area contributed by atoms with E-state index < -0.39 is 15.8 Å². The van der Waals surface area contributed by atoms with Crippen molar-refractivity contribution in [1.82, 2.24) is 4.72 Å². The number of hydrogen-bond donors (Lipinski definition) is 1. The molecule has 1 saturated heterocycles. The van der Waals surface area contributed by atoms with Crippen LogP contribution in [0, 0.1) is 17.7 Å². The molecule has 3 rings (SSSR count). The second-order valence-electron chi connectivity index (χ2n) is 5.73. The van der Waals surface area contributed by atoms with E-state index in [0.29, 0.717) is 24.4 Å². The average molecular weight is 404 g/mol. The number of rotatable bonds is 5. The fraction of sp³-hybridized carbons (Fsp3) is 0.211. The van der Waals surface area contributed by atoms with E-state index in [9.17, 15) is 17.6 Å². The van der Waals surface area contributed by atoms with Gasteiger partial charge in [0.15, 0.2) is 0 Å². The van der Waals surface area contributed by atoms with Crippen LogP contribution < -0.4 is 14.4 Å². The van der Waals surface area contributed by atoms with Gasteiger partial charge in [-0.25, -0.2) is 17.6 Å². The first-order valence-electron chi connectivity index (χ1n) is 8.27. The normalized spacial score (nSPS) is 13.6. The van der Waals surface area contributed by atoms with E-state index in [2.05, 4.69) is 16.6 Å². The summed E-state index contributed by atoms with van der Waals surface area (Å²) in [5, 5.41) is 0. The van der Waals surface area contributed by atoms with Crippen molar-refractivity contribution in [2.24, 2.45) is 0 Å². The Bertz CT molecular complexity index is 1040. The van der Waals surface area contributed by atoms with E-state index >= 15 is 0 Å². The predicted octanol–water partition coefficient (Wildman–Crippen LogP) is 2.12. The van der Waals surface area contributed by atoms with Crippen molar-refractivity contribution in [3.05, 3.63) is 53.8 Å². The molecule has 2 aromatic rings. The van der Waals surface area contributed by atoms with Crippen molar-refractivity contribution in [3.8, 4) is 17.6 Å². The summed E-state index contributed by atoms with van der Waals surface area (Å²) in [7, 11) is -2.68. The third-order valence-corrected chi connectivity index (χ3v) is 5.36. The SMILES string of the molecule is COc1ccc(F)cc1S(=O)(=O)NCC#Cc1ccc(N2CCOC2=O)cc1. The van der Waals surface area contributed by atoms with Gasteiger partial charge in [-0.05, 0) is 42.5 Å². The number of nitrogens with zero attached hydrogens (tertiary/aromatic N) is 1. The summed E-state index contributed by atoms with van der Waals surface area (Å²) in [4.78, 5) is 12.7. The van der Waals surface area contributed by atoms with E-state index in [1.54, 1.807) is 24.3 Å². The lowest BCUT2D eigenvalue weighted by Gasteiger charge is -2.12. The van der Waals surface area contributed by atoms with Gasteiger partial charge in [0.1, 0.15) is 23.1 Å². The smallest absolute Gasteiger partial charge is 0.414 e. The topological polar surface area (TPSA) is 84.9 Å². The monoisotopic (exact) mass is 404 g/mol. The minimum Gasteiger partial charge on any atom is -0.495 e. The summed E-state index contributed by atoms with van der Waals surface area (Å²) in [6.07, 6.45) is -0.388. The lowest BCUT2D eigenvalue weighted by Crippen LogP contribution is -2.24. The summed E-state index contributed by atoms with van der Waals surface area (Å²) < 4.78 is 50.2. The molecule has 0 unspecified atom stereocenters. The van der Waals surface area contributed by atoms with Gasteiger partial charge >= 0.3 is 6.09 Å². The number of ether oxygens (including phenoxy) is 2. The number of cyclic esters (lactones) is 1. The minimum atomic E-state index is -3.98. The molecule has 1 aliphatic heterocycles. The van der Waals surface area contributed by atoms with Crippen LogP contribution in [0.1, 0.15) is 5.56 Å². The van der Waals surface area contributed by atoms with Crippen LogP contribution in [0.15, 0.2) is 47.4 Å². The molecule has 0 atom stereocenters. The molecule has 0 aliphatic carbocycles. The molecule has 7 nitrogen and oxygen atoms in total. The van der Waals surface area contributed by atoms with Gasteiger partial charge in [0.2, 0.25) is 10.0 Å². The quantitative estimate of drug-likeness (QED) is 0.772. The molecule has 1 N–H and O–H groups in total. The van der Waals surface area contributed by atoms with Crippen molar-refractivity contribution in [2.75, 3.05) is 31.7 Å². The van der Waals surface area contributed by atoms with Crippen LogP contribution in [0.3, 0.4) is 0 Å². The fourth-order valence-corrected chi connectivity index (χ4v) is 3.67. The molecular formula is C19H17FN2O5S. The predicted molar refractivity (Wildman–Crippen MR) is 100 cm³/mol. The molecule has 0 aromatic heterocycles. The van der Waals surface area contributed by atoms with Gasteiger partial charge in [-0.15, -0.1) is 0 Å². The molecule has 28 heavy (non-hydrogen) atoms. The summed E-state index contributed by atoms with van der Waals surface area (Å²) in [6, 6.07) is 10.2. The molecule has 9 heteroatoms. The van der Waals surface area contributed by atoms with Crippen LogP contribution in [-0.2, 0) is 14.8 Å². The largest absolute Gasteiger partial charge is 0.495 e. The highest BCUT2D eigenvalue weighted by atomic mass is 32.2. The molecular weight excluding hydrogens is 387 g/mol. The molecule has 0 spiro atoms. The number of anilines is 1. The molecule has 1 fully saturated rings. The van der Waals surface area contributed by atoms with Crippen LogP contribution in [0.4, 0.5) is 14.9 Å². The Morgan fingerprint density at radius 2 is 2.00 bits per heavy atom. The third-order valence-electron chi connectivity index (χ3n) is 3.94. The summed E-state index contributed by atoms with van der Waals surface area (Å²) in [5.74, 6) is 4.87. The number of halogens is 1. The van der Waals surface area contributed by atoms with Crippen LogP contribution in [0.5, 0.6) is 5.75 Å². The molecule has 146 valence electrons. The van der Waals surface area contributed by atoms with E-state index in [0.717, 1.165) is 12.1 Å². The lowest BCUT2D eigenvalue weighted by molar-refractivity contribution is 0.181. The molecule has 1 amide bonds. The Kier molecular flexibility index (Phi) is 5.82. The van der Waals surface area contributed by atoms with E-state index in [1.807, 2.05) is 0 Å². The van der Waals surface area contributed by atoms with Crippen LogP contribution in [-0.4, -0.2) is 41.3 Å². The number of benzene rings is 2. The van der Waals surface area contributed by atoms with Crippen molar-refractivity contribution >= 4 is 21.8 Å². The first kappa shape index (κ1) is 19.7. The molecule has 0 saturated carbocycles. The molecule has 0 bridgehead atoms. The number of carbonyl (C=O) groups is 1. The van der Waals surface area contributed by atoms with E-state index in [1.165, 1.54) is 18.1 Å². The summed E-state index contributed by atoms with van der Waals surface area (Å²) in [5.41, 5.74) is 1.35. The van der Waals surface area contributed by atoms with Crippen molar-refractivity contribution < 1.29 is 27.1 Å². The standard InChI is InChI=1S/C19H17FN2O5S/c1-26-17-9-6-15(20)13-18(17)28(24,25)21-10-2-3-14-4-7-16(8-5-14)22-11-12-27-19(22)23/h4-9,13,21H,10-12H2,1H3. The first-order valence-corrected chi connectivity index (χ1v) is 9.75. The Balaban J connectivity index is 1.65. The Hall–Kier alpha value is -3.09. The van der Waals surface area contributed by atoms with Crippen molar-refractivity contribution in [1.29, 1.82) is 0 Å². The number of nitrogens with one attached hydrogen (secondary N) is 1. The Morgan fingerprint density at radius 1 is 1.25 bits per heavy atom. The molecule has 1 aliphatic rings. The van der Waals surface area contributed by atoms with Crippen LogP contribution in [0.2, 0.25) is 0 Å². The van der Waals surface area contributed by atoms with Crippen LogP contribution in [0.25, 0.3) is 0 Å². The summed E-state index contributed by atoms with van der Waals surface area (Å²) >= 11 is 0. The summed E-state index contributed by atoms with van der Waals surface area (Å²) in [6.45, 7) is 0.689. The Morgan fingerprint density at radius 3 is 2.64 bits per heavy atom. The van der Waals surface area contributed by atoms with Crippen LogP contribution >= 0.6 is 0 Å². The zero-order chi connectivity index (χ0) is 20.1. The zero-order valence-electron chi connectivity index (χ0n) is 14.9. The number of methoxy groups -OCH3 is 1. The fourth-order valence-electron chi connectivity index (χ4n) is 2.57. The highest BCUT2D eigenvalue weighted by Gasteiger charge is 2.23. The van der Waals surface area contributed by atoms with Gasteiger partial charge < -0.3 is 9.47 Å². The highest BCUT2D eigenvalue weighted by molar-refractivity contribution is 7.89. The van der Waals surface area contributed by atoms with Gasteiger partial charge in [-0.3, -0.25) is 4.90 Å². The van der Waals surface area contributed by atoms with E-state index in [4.69, 9.17) is 9.47 Å². The van der Waals surface area contributed by atoms with Crippen molar-refractivity contribution in [2.45, 2.75) is 4.90 Å². The zero-order valence-corrected chi connectivity index (χ0v) is 15.8. The maximum absolute atomic E-state index is 13.4. The number of amides is 1. The second kappa shape index (κ2) is 8.29. The Labute approximate surface area is 162 Å². The number of hydrogen-bond acceptors (Lipinski definition) is 5. The van der Waals surface area contributed by atoms with Crippen molar-refractivity contribution in [3.63, 3.8) is 0 Å². The average Bonchev–Trinajstić information content (AvgIpc) is 3.11. The minimum absolute atomic E-state index is 0.0397. The first-order chi connectivity index (χ1) is 13.4. The second-order valence-corrected chi connectivity index (χ2v) is 7.47. The maximum atomic E-state index is 13.4. The van der Waals surface area contributed by atoms with E-state index in [-0.39, 0.29) is 23.3 Å². The van der Waals surface area contributed by atoms with Gasteiger partial charge in [0.25, 0.3) is 0 Å². The van der Waals surface area contributed by atoms with Gasteiger partial charge in [0, 0.05) is 11.3 Å². The number of sulfonamides is 1. The maximum Gasteiger partial charge on any atom is 0.414 e. The molecule has 2 aromatic carbocycles. The number of carbonyl (C=O) groups excluding carboxylic acids is 1. The van der Waals surface area contributed by atoms with Gasteiger partial charge in [-0.2, -0.15) is 4.72 Å². The lowest BCUT2D eigenvalue weighted by atomic mass is 10.2.